The third-order valence-electron chi connectivity index (χ3n) is 5.49. The minimum atomic E-state index is -0.342. The number of hydrogen-bond donors (Lipinski definition) is 1. The van der Waals surface area contributed by atoms with Gasteiger partial charge < -0.3 is 14.7 Å². The lowest BCUT2D eigenvalue weighted by Crippen LogP contribution is -2.50. The van der Waals surface area contributed by atoms with Crippen molar-refractivity contribution in [2.24, 2.45) is 0 Å². The minimum absolute atomic E-state index is 0.0953. The predicted molar refractivity (Wildman–Crippen MR) is 105 cm³/mol. The van der Waals surface area contributed by atoms with Gasteiger partial charge in [-0.25, -0.2) is 4.79 Å². The molecular formula is C22H26N2O3. The number of aliphatic hydroxyl groups is 1. The van der Waals surface area contributed by atoms with Crippen molar-refractivity contribution in [3.63, 3.8) is 0 Å². The van der Waals surface area contributed by atoms with Gasteiger partial charge in [-0.1, -0.05) is 48.5 Å². The Bertz CT molecular complexity index is 767. The van der Waals surface area contributed by atoms with Crippen LogP contribution in [0.15, 0.2) is 48.5 Å². The molecule has 1 aliphatic carbocycles. The highest BCUT2D eigenvalue weighted by atomic mass is 16.6. The van der Waals surface area contributed by atoms with Crippen LogP contribution < -0.4 is 0 Å². The molecule has 5 heteroatoms. The summed E-state index contributed by atoms with van der Waals surface area (Å²) in [6, 6.07) is 16.7. The molecule has 0 bridgehead atoms. The second-order valence-corrected chi connectivity index (χ2v) is 7.44. The highest BCUT2D eigenvalue weighted by molar-refractivity contribution is 5.79. The van der Waals surface area contributed by atoms with Crippen molar-refractivity contribution in [1.29, 1.82) is 0 Å². The lowest BCUT2D eigenvalue weighted by Gasteiger charge is -2.34. The number of ether oxygens (including phenoxy) is 1. The van der Waals surface area contributed by atoms with Gasteiger partial charge in [-0.05, 0) is 29.2 Å². The number of amides is 1. The number of fused-ring (bicyclic) bond motifs is 3. The van der Waals surface area contributed by atoms with Crippen molar-refractivity contribution >= 4 is 6.09 Å². The smallest absolute Gasteiger partial charge is 0.409 e. The molecule has 142 valence electrons. The normalized spacial score (nSPS) is 18.1. The molecule has 1 aliphatic heterocycles. The van der Waals surface area contributed by atoms with E-state index in [1.807, 2.05) is 12.1 Å². The zero-order valence-corrected chi connectivity index (χ0v) is 15.7. The quantitative estimate of drug-likeness (QED) is 0.904. The number of carbonyl (C=O) groups excluding carboxylic acids is 1. The zero-order chi connectivity index (χ0) is 18.8. The molecule has 2 aromatic carbocycles. The Kier molecular flexibility index (Phi) is 5.14. The Labute approximate surface area is 160 Å². The van der Waals surface area contributed by atoms with E-state index in [-0.39, 0.29) is 18.1 Å². The molecule has 0 spiro atoms. The summed E-state index contributed by atoms with van der Waals surface area (Å²) in [5, 5.41) is 9.50. The zero-order valence-electron chi connectivity index (χ0n) is 15.7. The summed E-state index contributed by atoms with van der Waals surface area (Å²) in [6.45, 7) is 5.63. The summed E-state index contributed by atoms with van der Waals surface area (Å²) in [5.74, 6) is 0.0953. The van der Waals surface area contributed by atoms with Crippen LogP contribution in [0.3, 0.4) is 0 Å². The fourth-order valence-corrected chi connectivity index (χ4v) is 4.17. The molecule has 0 saturated carbocycles. The number of nitrogens with zero attached hydrogens (tertiary/aromatic N) is 2. The summed E-state index contributed by atoms with van der Waals surface area (Å²) in [4.78, 5) is 16.5. The van der Waals surface area contributed by atoms with Crippen molar-refractivity contribution in [3.05, 3.63) is 59.7 Å². The topological polar surface area (TPSA) is 53.0 Å². The molecule has 1 fully saturated rings. The number of benzene rings is 2. The Hall–Kier alpha value is -2.37. The minimum Gasteiger partial charge on any atom is -0.448 e. The van der Waals surface area contributed by atoms with Crippen molar-refractivity contribution in [1.82, 2.24) is 9.80 Å². The maximum atomic E-state index is 12.5. The molecule has 1 saturated heterocycles. The third kappa shape index (κ3) is 3.70. The number of aliphatic hydroxyl groups excluding tert-OH is 1. The fraction of sp³-hybridized carbons (Fsp3) is 0.409. The molecule has 0 radical (unpaired) electrons. The fourth-order valence-electron chi connectivity index (χ4n) is 4.17. The second-order valence-electron chi connectivity index (χ2n) is 7.44. The molecule has 4 rings (SSSR count). The molecule has 0 aromatic heterocycles. The molecule has 5 nitrogen and oxygen atoms in total. The third-order valence-corrected chi connectivity index (χ3v) is 5.49. The molecule has 1 amide bonds. The van der Waals surface area contributed by atoms with Crippen LogP contribution in [-0.2, 0) is 4.74 Å². The molecule has 1 atom stereocenters. The van der Waals surface area contributed by atoms with Gasteiger partial charge in [-0.3, -0.25) is 4.90 Å². The number of carbonyl (C=O) groups is 1. The van der Waals surface area contributed by atoms with E-state index < -0.39 is 0 Å². The second kappa shape index (κ2) is 7.71. The first-order valence-corrected chi connectivity index (χ1v) is 9.64. The first kappa shape index (κ1) is 18.0. The van der Waals surface area contributed by atoms with Crippen LogP contribution in [0.2, 0.25) is 0 Å². The Balaban J connectivity index is 1.39. The molecule has 1 N–H and O–H groups in total. The van der Waals surface area contributed by atoms with Gasteiger partial charge in [-0.15, -0.1) is 0 Å². The average molecular weight is 366 g/mol. The van der Waals surface area contributed by atoms with Crippen molar-refractivity contribution in [3.8, 4) is 11.1 Å². The van der Waals surface area contributed by atoms with Gasteiger partial charge in [-0.2, -0.15) is 0 Å². The van der Waals surface area contributed by atoms with Gasteiger partial charge in [0.25, 0.3) is 0 Å². The van der Waals surface area contributed by atoms with Crippen LogP contribution in [0, 0.1) is 0 Å². The Morgan fingerprint density at radius 1 is 1.04 bits per heavy atom. The molecule has 0 unspecified atom stereocenters. The van der Waals surface area contributed by atoms with Crippen LogP contribution in [-0.4, -0.2) is 66.4 Å². The highest BCUT2D eigenvalue weighted by Gasteiger charge is 2.30. The van der Waals surface area contributed by atoms with E-state index in [4.69, 9.17) is 4.74 Å². The molecule has 1 heterocycles. The van der Waals surface area contributed by atoms with Gasteiger partial charge in [0, 0.05) is 38.6 Å². The largest absolute Gasteiger partial charge is 0.448 e. The Morgan fingerprint density at radius 3 is 2.15 bits per heavy atom. The van der Waals surface area contributed by atoms with Gasteiger partial charge in [0.2, 0.25) is 0 Å². The van der Waals surface area contributed by atoms with E-state index in [9.17, 15) is 9.90 Å². The van der Waals surface area contributed by atoms with E-state index in [2.05, 4.69) is 41.3 Å². The molecular weight excluding hydrogens is 340 g/mol. The van der Waals surface area contributed by atoms with Crippen LogP contribution >= 0.6 is 0 Å². The molecule has 2 aromatic rings. The lowest BCUT2D eigenvalue weighted by atomic mass is 9.98. The van der Waals surface area contributed by atoms with Crippen molar-refractivity contribution < 1.29 is 14.6 Å². The standard InChI is InChI=1S/C22H26N2O3/c1-16(25)14-23-10-12-24(13-11-23)22(26)27-15-21-19-8-4-2-6-17(19)18-7-3-5-9-20(18)21/h2-9,16,21,25H,10-15H2,1H3/t16-/m1/s1. The van der Waals surface area contributed by atoms with Gasteiger partial charge in [0.05, 0.1) is 6.10 Å². The van der Waals surface area contributed by atoms with E-state index in [1.165, 1.54) is 22.3 Å². The molecule has 27 heavy (non-hydrogen) atoms. The summed E-state index contributed by atoms with van der Waals surface area (Å²) in [5.41, 5.74) is 4.93. The SMILES string of the molecule is C[C@@H](O)CN1CCN(C(=O)OCC2c3ccccc3-c3ccccc32)CC1. The lowest BCUT2D eigenvalue weighted by molar-refractivity contribution is 0.0591. The maximum absolute atomic E-state index is 12.5. The highest BCUT2D eigenvalue weighted by Crippen LogP contribution is 2.44. The van der Waals surface area contributed by atoms with Crippen LogP contribution in [0.1, 0.15) is 24.0 Å². The monoisotopic (exact) mass is 366 g/mol. The summed E-state index contributed by atoms with van der Waals surface area (Å²) >= 11 is 0. The summed E-state index contributed by atoms with van der Waals surface area (Å²) in [6.07, 6.45) is -0.584. The van der Waals surface area contributed by atoms with Crippen LogP contribution in [0.25, 0.3) is 11.1 Å². The summed E-state index contributed by atoms with van der Waals surface area (Å²) in [7, 11) is 0. The first-order valence-electron chi connectivity index (χ1n) is 9.64. The summed E-state index contributed by atoms with van der Waals surface area (Å²) < 4.78 is 5.71. The van der Waals surface area contributed by atoms with Gasteiger partial charge in [0.15, 0.2) is 0 Å². The number of β-amino-alcohol motifs (C(OH)–C–C–N with tert-alkyl or cyclic N) is 1. The van der Waals surface area contributed by atoms with E-state index in [1.54, 1.807) is 11.8 Å². The van der Waals surface area contributed by atoms with Crippen LogP contribution in [0.5, 0.6) is 0 Å². The van der Waals surface area contributed by atoms with Crippen molar-refractivity contribution in [2.75, 3.05) is 39.3 Å². The van der Waals surface area contributed by atoms with Gasteiger partial charge >= 0.3 is 6.09 Å². The first-order chi connectivity index (χ1) is 13.1. The average Bonchev–Trinajstić information content (AvgIpc) is 3.00. The van der Waals surface area contributed by atoms with E-state index >= 15 is 0 Å². The predicted octanol–water partition coefficient (Wildman–Crippen LogP) is 2.93. The van der Waals surface area contributed by atoms with Gasteiger partial charge in [0.1, 0.15) is 6.61 Å². The number of piperazine rings is 1. The van der Waals surface area contributed by atoms with E-state index in [0.29, 0.717) is 26.2 Å². The van der Waals surface area contributed by atoms with Crippen LogP contribution in [0.4, 0.5) is 4.79 Å². The number of rotatable bonds is 4. The Morgan fingerprint density at radius 2 is 1.59 bits per heavy atom. The number of hydrogen-bond acceptors (Lipinski definition) is 4. The maximum Gasteiger partial charge on any atom is 0.409 e. The molecule has 2 aliphatic rings. The van der Waals surface area contributed by atoms with Crippen molar-refractivity contribution in [2.45, 2.75) is 18.9 Å². The van der Waals surface area contributed by atoms with E-state index in [0.717, 1.165) is 13.1 Å².